The Morgan fingerprint density at radius 2 is 1.79 bits per heavy atom. The molecule has 0 atom stereocenters. The number of carbonyl (C=O) groups is 1. The van der Waals surface area contributed by atoms with Crippen molar-refractivity contribution in [2.45, 2.75) is 66.4 Å². The number of nitrogens with one attached hydrogen (secondary N) is 1. The lowest BCUT2D eigenvalue weighted by molar-refractivity contribution is -0.147. The highest BCUT2D eigenvalue weighted by molar-refractivity contribution is 5.97. The number of aromatic nitrogens is 1. The zero-order chi connectivity index (χ0) is 21.2. The van der Waals surface area contributed by atoms with Crippen LogP contribution in [0.5, 0.6) is 5.88 Å². The Morgan fingerprint density at radius 3 is 2.29 bits per heavy atom. The number of ether oxygens (including phenoxy) is 3. The molecule has 0 spiro atoms. The second-order valence-corrected chi connectivity index (χ2v) is 8.18. The summed E-state index contributed by atoms with van der Waals surface area (Å²) in [6.45, 7) is 14.0. The molecule has 28 heavy (non-hydrogen) atoms. The minimum atomic E-state index is -0.833. The molecule has 160 valence electrons. The van der Waals surface area contributed by atoms with E-state index in [-0.39, 0.29) is 5.91 Å². The average Bonchev–Trinajstić information content (AvgIpc) is 2.60. The van der Waals surface area contributed by atoms with E-state index in [2.05, 4.69) is 44.9 Å². The van der Waals surface area contributed by atoms with Crippen LogP contribution in [0.2, 0.25) is 0 Å². The molecule has 0 unspecified atom stereocenters. The van der Waals surface area contributed by atoms with Crippen molar-refractivity contribution in [2.75, 3.05) is 32.2 Å². The number of pyridine rings is 1. The molecule has 0 saturated carbocycles. The van der Waals surface area contributed by atoms with Gasteiger partial charge in [-0.1, -0.05) is 34.6 Å². The Bertz CT molecular complexity index is 592. The highest BCUT2D eigenvalue weighted by atomic mass is 16.5. The Kier molecular flexibility index (Phi) is 10.5. The van der Waals surface area contributed by atoms with Crippen LogP contribution in [0.25, 0.3) is 0 Å². The van der Waals surface area contributed by atoms with Crippen molar-refractivity contribution < 1.29 is 19.0 Å². The maximum atomic E-state index is 13.3. The summed E-state index contributed by atoms with van der Waals surface area (Å²) in [6.07, 6.45) is 3.87. The summed E-state index contributed by atoms with van der Waals surface area (Å²) in [4.78, 5) is 17.6. The summed E-state index contributed by atoms with van der Waals surface area (Å²) in [5.41, 5.74) is 0.681. The van der Waals surface area contributed by atoms with Gasteiger partial charge in [0.1, 0.15) is 12.2 Å². The van der Waals surface area contributed by atoms with Crippen LogP contribution >= 0.6 is 0 Å². The molecule has 6 nitrogen and oxygen atoms in total. The first-order valence-corrected chi connectivity index (χ1v) is 10.3. The summed E-state index contributed by atoms with van der Waals surface area (Å²) < 4.78 is 16.8. The van der Waals surface area contributed by atoms with Crippen molar-refractivity contribution >= 4 is 11.6 Å². The van der Waals surface area contributed by atoms with Gasteiger partial charge in [-0.3, -0.25) is 4.79 Å². The number of nitrogens with zero attached hydrogens (tertiary/aromatic N) is 1. The normalized spacial score (nSPS) is 11.9. The number of aryl methyl sites for hydroxylation is 1. The Balaban J connectivity index is 3.00. The van der Waals surface area contributed by atoms with Gasteiger partial charge in [0, 0.05) is 19.3 Å². The fourth-order valence-corrected chi connectivity index (χ4v) is 3.32. The van der Waals surface area contributed by atoms with Crippen molar-refractivity contribution in [3.05, 3.63) is 17.8 Å². The Labute approximate surface area is 170 Å². The summed E-state index contributed by atoms with van der Waals surface area (Å²) in [5.74, 6) is 1.14. The zero-order valence-electron chi connectivity index (χ0n) is 18.6. The molecule has 1 amide bonds. The highest BCUT2D eigenvalue weighted by Gasteiger charge is 2.40. The van der Waals surface area contributed by atoms with Crippen LogP contribution in [0.4, 0.5) is 5.69 Å². The van der Waals surface area contributed by atoms with Gasteiger partial charge in [0.05, 0.1) is 18.5 Å². The molecule has 0 radical (unpaired) electrons. The van der Waals surface area contributed by atoms with Crippen LogP contribution in [0.1, 0.15) is 59.4 Å². The maximum absolute atomic E-state index is 13.3. The molecule has 0 saturated heterocycles. The van der Waals surface area contributed by atoms with Crippen molar-refractivity contribution in [1.82, 2.24) is 4.98 Å². The van der Waals surface area contributed by atoms with E-state index < -0.39 is 5.60 Å². The van der Waals surface area contributed by atoms with E-state index >= 15 is 0 Å². The molecule has 1 N–H and O–H groups in total. The van der Waals surface area contributed by atoms with E-state index in [1.54, 1.807) is 13.3 Å². The minimum Gasteiger partial charge on any atom is -0.475 e. The number of rotatable bonds is 13. The molecule has 0 aliphatic heterocycles. The number of methoxy groups -OCH3 is 1. The molecular formula is C22H38N2O4. The van der Waals surface area contributed by atoms with E-state index in [1.807, 2.05) is 13.0 Å². The second kappa shape index (κ2) is 12.0. The van der Waals surface area contributed by atoms with Gasteiger partial charge in [-0.25, -0.2) is 4.98 Å². The predicted molar refractivity (Wildman–Crippen MR) is 113 cm³/mol. The van der Waals surface area contributed by atoms with Crippen LogP contribution in [0.15, 0.2) is 12.3 Å². The van der Waals surface area contributed by atoms with Crippen LogP contribution < -0.4 is 10.1 Å². The largest absolute Gasteiger partial charge is 0.475 e. The van der Waals surface area contributed by atoms with Crippen molar-refractivity contribution in [2.24, 2.45) is 11.8 Å². The number of hydrogen-bond acceptors (Lipinski definition) is 5. The fourth-order valence-electron chi connectivity index (χ4n) is 3.32. The van der Waals surface area contributed by atoms with E-state index in [1.165, 1.54) is 0 Å². The third kappa shape index (κ3) is 7.76. The third-order valence-corrected chi connectivity index (χ3v) is 4.29. The summed E-state index contributed by atoms with van der Waals surface area (Å²) in [6, 6.07) is 1.88. The number of anilines is 1. The van der Waals surface area contributed by atoms with Gasteiger partial charge in [0.25, 0.3) is 5.91 Å². The van der Waals surface area contributed by atoms with Crippen LogP contribution in [0, 0.1) is 18.8 Å². The molecule has 0 aliphatic carbocycles. The van der Waals surface area contributed by atoms with Gasteiger partial charge < -0.3 is 19.5 Å². The predicted octanol–water partition coefficient (Wildman–Crippen LogP) is 4.61. The monoisotopic (exact) mass is 394 g/mol. The van der Waals surface area contributed by atoms with Crippen molar-refractivity contribution in [1.29, 1.82) is 0 Å². The number of hydrogen-bond donors (Lipinski definition) is 1. The molecule has 1 aromatic heterocycles. The van der Waals surface area contributed by atoms with E-state index in [0.29, 0.717) is 56.1 Å². The third-order valence-electron chi connectivity index (χ3n) is 4.29. The summed E-state index contributed by atoms with van der Waals surface area (Å²) >= 11 is 0. The molecule has 1 aromatic rings. The summed E-state index contributed by atoms with van der Waals surface area (Å²) in [7, 11) is 1.63. The Morgan fingerprint density at radius 1 is 1.14 bits per heavy atom. The fraction of sp³-hybridized carbons (Fsp3) is 0.727. The minimum absolute atomic E-state index is 0.0994. The van der Waals surface area contributed by atoms with Crippen LogP contribution in [0.3, 0.4) is 0 Å². The molecule has 1 heterocycles. The molecule has 6 heteroatoms. The standard InChI is InChI=1S/C22H38N2O4/c1-8-9-28-22(13-16(2)3,14-17(4)5)21(25)24-19-12-18(6)20(23-15-19)27-11-10-26-7/h12,15-17H,8-11,13-14H2,1-7H3,(H,24,25). The zero-order valence-corrected chi connectivity index (χ0v) is 18.6. The molecule has 1 rings (SSSR count). The van der Waals surface area contributed by atoms with Gasteiger partial charge in [-0.2, -0.15) is 0 Å². The molecule has 0 aliphatic rings. The van der Waals surface area contributed by atoms with Crippen LogP contribution in [-0.2, 0) is 14.3 Å². The van der Waals surface area contributed by atoms with Crippen LogP contribution in [-0.4, -0.2) is 43.4 Å². The first-order chi connectivity index (χ1) is 13.2. The van der Waals surface area contributed by atoms with E-state index in [4.69, 9.17) is 14.2 Å². The molecule has 0 bridgehead atoms. The molecule has 0 aromatic carbocycles. The number of amides is 1. The quantitative estimate of drug-likeness (QED) is 0.495. The maximum Gasteiger partial charge on any atom is 0.256 e. The lowest BCUT2D eigenvalue weighted by Gasteiger charge is -2.35. The average molecular weight is 395 g/mol. The van der Waals surface area contributed by atoms with Gasteiger partial charge in [-0.05, 0) is 44.1 Å². The van der Waals surface area contributed by atoms with Gasteiger partial charge in [0.2, 0.25) is 5.88 Å². The van der Waals surface area contributed by atoms with E-state index in [9.17, 15) is 4.79 Å². The lowest BCUT2D eigenvalue weighted by Crippen LogP contribution is -2.48. The second-order valence-electron chi connectivity index (χ2n) is 8.18. The number of carbonyl (C=O) groups excluding carboxylic acids is 1. The highest BCUT2D eigenvalue weighted by Crippen LogP contribution is 2.31. The first kappa shape index (κ1) is 24.4. The topological polar surface area (TPSA) is 69.7 Å². The van der Waals surface area contributed by atoms with Crippen molar-refractivity contribution in [3.63, 3.8) is 0 Å². The van der Waals surface area contributed by atoms with Gasteiger partial charge in [0.15, 0.2) is 0 Å². The van der Waals surface area contributed by atoms with E-state index in [0.717, 1.165) is 12.0 Å². The Hall–Kier alpha value is -1.66. The van der Waals surface area contributed by atoms with Crippen molar-refractivity contribution in [3.8, 4) is 5.88 Å². The molecule has 0 fully saturated rings. The summed E-state index contributed by atoms with van der Waals surface area (Å²) in [5, 5.41) is 3.03. The first-order valence-electron chi connectivity index (χ1n) is 10.3. The SMILES string of the molecule is CCCOC(CC(C)C)(CC(C)C)C(=O)Nc1cnc(OCCOC)c(C)c1. The smallest absolute Gasteiger partial charge is 0.256 e. The van der Waals surface area contributed by atoms with Gasteiger partial charge in [-0.15, -0.1) is 0 Å². The lowest BCUT2D eigenvalue weighted by atomic mass is 9.83. The molecular weight excluding hydrogens is 356 g/mol. The van der Waals surface area contributed by atoms with Gasteiger partial charge >= 0.3 is 0 Å².